The Kier molecular flexibility index (Phi) is 5.12. The van der Waals surface area contributed by atoms with Crippen molar-refractivity contribution >= 4 is 75.3 Å². The van der Waals surface area contributed by atoms with Crippen LogP contribution >= 0.6 is 11.3 Å². The van der Waals surface area contributed by atoms with Crippen LogP contribution in [0.5, 0.6) is 0 Å². The Hall–Kier alpha value is -5.78. The first kappa shape index (κ1) is 24.6. The van der Waals surface area contributed by atoms with E-state index in [1.54, 1.807) is 11.3 Å². The molecule has 0 spiro atoms. The minimum absolute atomic E-state index is 0.724. The molecule has 4 aromatic heterocycles. The predicted molar refractivity (Wildman–Crippen MR) is 189 cm³/mol. The number of hydrogen-bond donors (Lipinski definition) is 0. The fourth-order valence-corrected chi connectivity index (χ4v) is 8.05. The van der Waals surface area contributed by atoms with Gasteiger partial charge < -0.3 is 9.13 Å². The Labute approximate surface area is 262 Å². The van der Waals surface area contributed by atoms with Gasteiger partial charge in [-0.3, -0.25) is 0 Å². The maximum Gasteiger partial charge on any atom is 0.161 e. The van der Waals surface area contributed by atoms with E-state index in [1.807, 2.05) is 6.20 Å². The molecule has 10 aromatic rings. The number of nitrogens with zero attached hydrogens (tertiary/aromatic N) is 4. The quantitative estimate of drug-likeness (QED) is 0.205. The van der Waals surface area contributed by atoms with Gasteiger partial charge in [0.05, 0.1) is 38.0 Å². The fourth-order valence-electron chi connectivity index (χ4n) is 7.06. The Balaban J connectivity index is 1.20. The van der Waals surface area contributed by atoms with Crippen molar-refractivity contribution in [2.75, 3.05) is 0 Å². The lowest BCUT2D eigenvalue weighted by Crippen LogP contribution is -1.99. The third-order valence-corrected chi connectivity index (χ3v) is 10.1. The lowest BCUT2D eigenvalue weighted by molar-refractivity contribution is 1.15. The Morgan fingerprint density at radius 2 is 1.00 bits per heavy atom. The van der Waals surface area contributed by atoms with Crippen LogP contribution in [0.2, 0.25) is 0 Å². The summed E-state index contributed by atoms with van der Waals surface area (Å²) in [4.78, 5) is 10.2. The Morgan fingerprint density at radius 3 is 1.62 bits per heavy atom. The van der Waals surface area contributed by atoms with Crippen molar-refractivity contribution in [3.63, 3.8) is 0 Å². The van der Waals surface area contributed by atoms with Gasteiger partial charge in [0, 0.05) is 49.1 Å². The predicted octanol–water partition coefficient (Wildman–Crippen LogP) is 10.7. The molecule has 0 amide bonds. The van der Waals surface area contributed by atoms with Crippen LogP contribution in [0.1, 0.15) is 0 Å². The maximum atomic E-state index is 5.29. The van der Waals surface area contributed by atoms with Gasteiger partial charge in [-0.2, -0.15) is 0 Å². The molecule has 0 atom stereocenters. The first-order valence-corrected chi connectivity index (χ1v) is 15.9. The highest BCUT2D eigenvalue weighted by atomic mass is 32.1. The van der Waals surface area contributed by atoms with Crippen LogP contribution in [0.4, 0.5) is 0 Å². The largest absolute Gasteiger partial charge is 0.309 e. The normalized spacial score (nSPS) is 12.0. The molecule has 10 rings (SSSR count). The van der Waals surface area contributed by atoms with E-state index in [-0.39, 0.29) is 0 Å². The second-order valence-corrected chi connectivity index (χ2v) is 12.5. The molecule has 0 radical (unpaired) electrons. The van der Waals surface area contributed by atoms with Crippen molar-refractivity contribution in [3.8, 4) is 22.8 Å². The molecule has 4 heterocycles. The summed E-state index contributed by atoms with van der Waals surface area (Å²) in [6.07, 6.45) is 1.99. The highest BCUT2D eigenvalue weighted by Gasteiger charge is 2.18. The van der Waals surface area contributed by atoms with Crippen LogP contribution in [0.25, 0.3) is 86.7 Å². The van der Waals surface area contributed by atoms with E-state index in [0.29, 0.717) is 0 Å². The van der Waals surface area contributed by atoms with E-state index in [0.717, 1.165) is 38.4 Å². The van der Waals surface area contributed by atoms with Gasteiger partial charge in [0.25, 0.3) is 0 Å². The smallest absolute Gasteiger partial charge is 0.161 e. The van der Waals surface area contributed by atoms with Crippen molar-refractivity contribution in [2.45, 2.75) is 0 Å². The van der Waals surface area contributed by atoms with Crippen molar-refractivity contribution in [2.24, 2.45) is 0 Å². The lowest BCUT2D eigenvalue weighted by Gasteiger charge is -2.13. The number of rotatable bonds is 3. The molecule has 0 aliphatic heterocycles. The van der Waals surface area contributed by atoms with E-state index in [1.165, 1.54) is 48.3 Å². The molecule has 0 aliphatic rings. The van der Waals surface area contributed by atoms with E-state index >= 15 is 0 Å². The molecule has 0 fully saturated rings. The second kappa shape index (κ2) is 9.36. The van der Waals surface area contributed by atoms with Crippen LogP contribution < -0.4 is 0 Å². The van der Waals surface area contributed by atoms with Gasteiger partial charge in [0.15, 0.2) is 5.82 Å². The SMILES string of the molecule is c1ccc(-n2c3ccccc3c3ccccc32)c(-c2ncc3sc4ccc(-n5c6ccccc6c6ccccc65)cc4c3n2)c1. The zero-order chi connectivity index (χ0) is 29.5. The average Bonchev–Trinajstić information content (AvgIpc) is 3.75. The summed E-state index contributed by atoms with van der Waals surface area (Å²) in [7, 11) is 0. The van der Waals surface area contributed by atoms with Gasteiger partial charge in [-0.25, -0.2) is 9.97 Å². The Bertz CT molecular complexity index is 2670. The zero-order valence-electron chi connectivity index (χ0n) is 24.1. The number of benzene rings is 6. The van der Waals surface area contributed by atoms with E-state index < -0.39 is 0 Å². The molecule has 0 aliphatic carbocycles. The van der Waals surface area contributed by atoms with Gasteiger partial charge >= 0.3 is 0 Å². The molecule has 4 nitrogen and oxygen atoms in total. The first-order valence-electron chi connectivity index (χ1n) is 15.1. The summed E-state index contributed by atoms with van der Waals surface area (Å²) in [5, 5.41) is 6.14. The summed E-state index contributed by atoms with van der Waals surface area (Å²) >= 11 is 1.74. The van der Waals surface area contributed by atoms with Gasteiger partial charge in [0.1, 0.15) is 0 Å². The molecular formula is C40H24N4S. The van der Waals surface area contributed by atoms with Crippen LogP contribution in [-0.4, -0.2) is 19.1 Å². The van der Waals surface area contributed by atoms with E-state index in [2.05, 4.69) is 149 Å². The van der Waals surface area contributed by atoms with Crippen molar-refractivity contribution in [3.05, 3.63) is 146 Å². The maximum absolute atomic E-state index is 5.29. The molecule has 0 bridgehead atoms. The first-order chi connectivity index (χ1) is 22.3. The molecule has 0 saturated heterocycles. The standard InChI is InChI=1S/C40H24N4S/c1-6-16-32-26(11-1)27-12-2-7-17-33(27)43(32)25-21-22-37-31(23-25)39-38(45-37)24-41-40(42-39)30-15-5-10-20-36(30)44-34-18-8-3-13-28(34)29-14-4-9-19-35(29)44/h1-24H. The summed E-state index contributed by atoms with van der Waals surface area (Å²) in [5.74, 6) is 0.724. The lowest BCUT2D eigenvalue weighted by atomic mass is 10.1. The van der Waals surface area contributed by atoms with E-state index in [4.69, 9.17) is 9.97 Å². The highest BCUT2D eigenvalue weighted by Crippen LogP contribution is 2.39. The third-order valence-electron chi connectivity index (χ3n) is 9.00. The van der Waals surface area contributed by atoms with Crippen molar-refractivity contribution < 1.29 is 0 Å². The van der Waals surface area contributed by atoms with Crippen molar-refractivity contribution in [1.29, 1.82) is 0 Å². The average molecular weight is 593 g/mol. The topological polar surface area (TPSA) is 35.6 Å². The molecule has 0 saturated carbocycles. The minimum Gasteiger partial charge on any atom is -0.309 e. The number of thiophene rings is 1. The molecule has 45 heavy (non-hydrogen) atoms. The van der Waals surface area contributed by atoms with Gasteiger partial charge in [-0.05, 0) is 54.6 Å². The summed E-state index contributed by atoms with van der Waals surface area (Å²) in [6, 6.07) is 49.7. The molecular weight excluding hydrogens is 569 g/mol. The minimum atomic E-state index is 0.724. The molecule has 5 heteroatoms. The fraction of sp³-hybridized carbons (Fsp3) is 0. The van der Waals surface area contributed by atoms with Gasteiger partial charge in [-0.1, -0.05) is 84.9 Å². The van der Waals surface area contributed by atoms with E-state index in [9.17, 15) is 0 Å². The van der Waals surface area contributed by atoms with Crippen molar-refractivity contribution in [1.82, 2.24) is 19.1 Å². The number of hydrogen-bond acceptors (Lipinski definition) is 3. The van der Waals surface area contributed by atoms with Crippen LogP contribution in [0, 0.1) is 0 Å². The zero-order valence-corrected chi connectivity index (χ0v) is 24.9. The molecule has 6 aromatic carbocycles. The Morgan fingerprint density at radius 1 is 0.467 bits per heavy atom. The third kappa shape index (κ3) is 3.53. The van der Waals surface area contributed by atoms with Gasteiger partial charge in [-0.15, -0.1) is 11.3 Å². The van der Waals surface area contributed by atoms with Crippen LogP contribution in [-0.2, 0) is 0 Å². The monoisotopic (exact) mass is 592 g/mol. The number of para-hydroxylation sites is 5. The highest BCUT2D eigenvalue weighted by molar-refractivity contribution is 7.25. The molecule has 0 N–H and O–H groups in total. The number of aromatic nitrogens is 4. The summed E-state index contributed by atoms with van der Waals surface area (Å²) in [5.41, 5.74) is 8.93. The summed E-state index contributed by atoms with van der Waals surface area (Å²) < 4.78 is 7.01. The second-order valence-electron chi connectivity index (χ2n) is 11.4. The number of fused-ring (bicyclic) bond motifs is 9. The molecule has 0 unspecified atom stereocenters. The molecule has 210 valence electrons. The van der Waals surface area contributed by atoms with Crippen LogP contribution in [0.3, 0.4) is 0 Å². The van der Waals surface area contributed by atoms with Crippen LogP contribution in [0.15, 0.2) is 146 Å². The van der Waals surface area contributed by atoms with Gasteiger partial charge in [0.2, 0.25) is 0 Å². The summed E-state index contributed by atoms with van der Waals surface area (Å²) in [6.45, 7) is 0.